The number of nitrogens with one attached hydrogen (secondary N) is 1. The molecule has 4 N–H and O–H groups in total. The lowest BCUT2D eigenvalue weighted by molar-refractivity contribution is -0.0410. The minimum atomic E-state index is -1.72. The van der Waals surface area contributed by atoms with Crippen molar-refractivity contribution in [1.29, 1.82) is 0 Å². The number of nitrogens with two attached hydrogens (primary N) is 1. The van der Waals surface area contributed by atoms with Gasteiger partial charge < -0.3 is 30.2 Å². The van der Waals surface area contributed by atoms with Crippen LogP contribution < -0.4 is 15.8 Å². The first-order valence-corrected chi connectivity index (χ1v) is 10.9. The summed E-state index contributed by atoms with van der Waals surface area (Å²) in [6.45, 7) is 2.70. The fourth-order valence-electron chi connectivity index (χ4n) is 3.97. The zero-order chi connectivity index (χ0) is 23.1. The van der Waals surface area contributed by atoms with Gasteiger partial charge in [0.05, 0.1) is 15.9 Å². The summed E-state index contributed by atoms with van der Waals surface area (Å²) in [7, 11) is 0. The highest BCUT2D eigenvalue weighted by Gasteiger charge is 2.46. The van der Waals surface area contributed by atoms with E-state index in [4.69, 9.17) is 26.8 Å². The Morgan fingerprint density at radius 2 is 2.12 bits per heavy atom. The fourth-order valence-corrected chi connectivity index (χ4v) is 4.25. The molecule has 1 aromatic carbocycles. The number of hydrogen-bond acceptors (Lipinski definition) is 8. The number of halogens is 2. The number of aliphatic hydroxyl groups excluding tert-OH is 1. The number of benzene rings is 1. The number of anilines is 2. The van der Waals surface area contributed by atoms with Gasteiger partial charge in [-0.3, -0.25) is 0 Å². The normalized spacial score (nSPS) is 22.8. The molecule has 1 saturated heterocycles. The molecule has 0 radical (unpaired) electrons. The third-order valence-electron chi connectivity index (χ3n) is 5.60. The van der Waals surface area contributed by atoms with Crippen LogP contribution in [0.3, 0.4) is 0 Å². The van der Waals surface area contributed by atoms with E-state index in [0.717, 1.165) is 23.3 Å². The first kappa shape index (κ1) is 21.6. The molecular formula is C22H22ClFN6O3. The molecule has 1 aliphatic heterocycles. The number of rotatable bonds is 6. The van der Waals surface area contributed by atoms with Crippen molar-refractivity contribution in [2.24, 2.45) is 0 Å². The van der Waals surface area contributed by atoms with Gasteiger partial charge in [-0.2, -0.15) is 0 Å². The molecule has 4 aromatic rings. The zero-order valence-corrected chi connectivity index (χ0v) is 18.4. The van der Waals surface area contributed by atoms with Crippen LogP contribution in [-0.4, -0.2) is 56.2 Å². The summed E-state index contributed by atoms with van der Waals surface area (Å²) in [5, 5.41) is 15.3. The van der Waals surface area contributed by atoms with Crippen molar-refractivity contribution in [3.63, 3.8) is 0 Å². The average Bonchev–Trinajstić information content (AvgIpc) is 3.29. The van der Waals surface area contributed by atoms with Crippen molar-refractivity contribution in [2.45, 2.75) is 31.5 Å². The fraction of sp³-hybridized carbons (Fsp3) is 0.318. The van der Waals surface area contributed by atoms with Gasteiger partial charge in [0.2, 0.25) is 0 Å². The Hall–Kier alpha value is -3.21. The predicted molar refractivity (Wildman–Crippen MR) is 123 cm³/mol. The minimum absolute atomic E-state index is 0.0550. The van der Waals surface area contributed by atoms with Crippen LogP contribution >= 0.6 is 11.6 Å². The van der Waals surface area contributed by atoms with Gasteiger partial charge in [0.1, 0.15) is 48.2 Å². The monoisotopic (exact) mass is 472 g/mol. The Labute approximate surface area is 193 Å². The van der Waals surface area contributed by atoms with E-state index in [1.165, 1.54) is 17.1 Å². The maximum Gasteiger partial charge on any atom is 0.173 e. The van der Waals surface area contributed by atoms with E-state index in [0.29, 0.717) is 16.8 Å². The number of alkyl halides is 1. The van der Waals surface area contributed by atoms with Gasteiger partial charge in [-0.15, -0.1) is 0 Å². The smallest absolute Gasteiger partial charge is 0.173 e. The molecule has 0 bridgehead atoms. The number of hydrogen-bond donors (Lipinski definition) is 3. The highest BCUT2D eigenvalue weighted by Crippen LogP contribution is 2.37. The Bertz CT molecular complexity index is 1320. The van der Waals surface area contributed by atoms with Gasteiger partial charge in [-0.25, -0.2) is 19.3 Å². The molecule has 172 valence electrons. The molecule has 0 spiro atoms. The molecule has 1 aliphatic rings. The Balaban J connectivity index is 1.34. The second-order valence-corrected chi connectivity index (χ2v) is 8.14. The summed E-state index contributed by atoms with van der Waals surface area (Å²) in [5.74, 6) is 1.48. The van der Waals surface area contributed by atoms with Crippen LogP contribution in [0.2, 0.25) is 5.02 Å². The van der Waals surface area contributed by atoms with Gasteiger partial charge in [0, 0.05) is 24.2 Å². The summed E-state index contributed by atoms with van der Waals surface area (Å²) >= 11 is 6.25. The molecule has 9 nitrogen and oxygen atoms in total. The quantitative estimate of drug-likeness (QED) is 0.391. The standard InChI is InChI=1S/C22H22ClFN6O3/c1-2-26-16-6-4-11-3-5-12(7-14(11)29-16)32-9-15-19(31)18(24)22(33-15)30-8-13(23)17-20(25)27-10-28-21(17)30/h3-8,10,15,18-19,22,31H,2,9H2,1H3,(H,26,29)(H2,25,27,28)/t15-,18+,19-,22-/m1/s1. The van der Waals surface area contributed by atoms with Gasteiger partial charge in [0.25, 0.3) is 0 Å². The summed E-state index contributed by atoms with van der Waals surface area (Å²) in [4.78, 5) is 12.6. The molecule has 0 unspecified atom stereocenters. The molecule has 5 rings (SSSR count). The molecule has 4 atom stereocenters. The van der Waals surface area contributed by atoms with Crippen LogP contribution in [0.1, 0.15) is 13.2 Å². The highest BCUT2D eigenvalue weighted by molar-refractivity contribution is 6.36. The SMILES string of the molecule is CCNc1ccc2ccc(OC[C@H]3O[C@@H](n4cc(Cl)c5c(N)ncnc54)[C@@H](F)[C@@H]3O)cc2n1. The van der Waals surface area contributed by atoms with Gasteiger partial charge in [-0.1, -0.05) is 11.6 Å². The van der Waals surface area contributed by atoms with Crippen LogP contribution in [0.25, 0.3) is 21.9 Å². The van der Waals surface area contributed by atoms with Crippen LogP contribution in [0, 0.1) is 0 Å². The topological polar surface area (TPSA) is 120 Å². The molecular weight excluding hydrogens is 451 g/mol. The van der Waals surface area contributed by atoms with E-state index in [2.05, 4.69) is 20.3 Å². The number of aromatic nitrogens is 4. The number of nitrogens with zero attached hydrogens (tertiary/aromatic N) is 4. The lowest BCUT2D eigenvalue weighted by Gasteiger charge is -2.16. The van der Waals surface area contributed by atoms with Crippen LogP contribution in [0.15, 0.2) is 42.9 Å². The number of pyridine rings is 1. The second-order valence-electron chi connectivity index (χ2n) is 7.73. The third kappa shape index (κ3) is 3.90. The molecule has 4 heterocycles. The summed E-state index contributed by atoms with van der Waals surface area (Å²) in [6.07, 6.45) is -2.43. The lowest BCUT2D eigenvalue weighted by atomic mass is 10.1. The Morgan fingerprint density at radius 3 is 2.94 bits per heavy atom. The molecule has 1 fully saturated rings. The summed E-state index contributed by atoms with van der Waals surface area (Å²) in [6, 6.07) is 9.35. The predicted octanol–water partition coefficient (Wildman–Crippen LogP) is 3.32. The van der Waals surface area contributed by atoms with Crippen LogP contribution in [0.5, 0.6) is 5.75 Å². The van der Waals surface area contributed by atoms with E-state index >= 15 is 4.39 Å². The lowest BCUT2D eigenvalue weighted by Crippen LogP contribution is -2.32. The summed E-state index contributed by atoms with van der Waals surface area (Å²) < 4.78 is 28.1. The maximum absolute atomic E-state index is 15.0. The van der Waals surface area contributed by atoms with E-state index in [9.17, 15) is 5.11 Å². The Morgan fingerprint density at radius 1 is 1.30 bits per heavy atom. The molecule has 3 aromatic heterocycles. The largest absolute Gasteiger partial charge is 0.491 e. The summed E-state index contributed by atoms with van der Waals surface area (Å²) in [5.41, 5.74) is 6.95. The second kappa shape index (κ2) is 8.62. The van der Waals surface area contributed by atoms with Gasteiger partial charge >= 0.3 is 0 Å². The van der Waals surface area contributed by atoms with Crippen molar-refractivity contribution >= 4 is 45.2 Å². The van der Waals surface area contributed by atoms with Crippen molar-refractivity contribution < 1.29 is 19.0 Å². The maximum atomic E-state index is 15.0. The Kier molecular flexibility index (Phi) is 5.65. The van der Waals surface area contributed by atoms with Gasteiger partial charge in [-0.05, 0) is 31.2 Å². The molecule has 11 heteroatoms. The highest BCUT2D eigenvalue weighted by atomic mass is 35.5. The van der Waals surface area contributed by atoms with E-state index in [-0.39, 0.29) is 17.4 Å². The molecule has 0 aliphatic carbocycles. The van der Waals surface area contributed by atoms with Crippen molar-refractivity contribution in [3.05, 3.63) is 47.9 Å². The van der Waals surface area contributed by atoms with E-state index in [1.54, 1.807) is 12.1 Å². The number of aliphatic hydroxyl groups is 1. The molecule has 33 heavy (non-hydrogen) atoms. The van der Waals surface area contributed by atoms with Crippen molar-refractivity contribution in [1.82, 2.24) is 19.5 Å². The number of nitrogen functional groups attached to an aromatic ring is 1. The van der Waals surface area contributed by atoms with Crippen LogP contribution in [-0.2, 0) is 4.74 Å². The molecule has 0 saturated carbocycles. The van der Waals surface area contributed by atoms with Crippen LogP contribution in [0.4, 0.5) is 16.0 Å². The number of fused-ring (bicyclic) bond motifs is 2. The zero-order valence-electron chi connectivity index (χ0n) is 17.7. The van der Waals surface area contributed by atoms with Gasteiger partial charge in [0.15, 0.2) is 12.4 Å². The van der Waals surface area contributed by atoms with E-state index < -0.39 is 24.6 Å². The first-order valence-electron chi connectivity index (χ1n) is 10.5. The van der Waals surface area contributed by atoms with Crippen molar-refractivity contribution in [2.75, 3.05) is 24.2 Å². The third-order valence-corrected chi connectivity index (χ3v) is 5.88. The van der Waals surface area contributed by atoms with E-state index in [1.807, 2.05) is 25.1 Å². The first-order chi connectivity index (χ1) is 16.0. The van der Waals surface area contributed by atoms with Crippen molar-refractivity contribution in [3.8, 4) is 5.75 Å². The average molecular weight is 473 g/mol. The minimum Gasteiger partial charge on any atom is -0.491 e. The number of ether oxygens (including phenoxy) is 2. The molecule has 0 amide bonds.